The van der Waals surface area contributed by atoms with E-state index in [9.17, 15) is 18.0 Å². The van der Waals surface area contributed by atoms with Crippen molar-refractivity contribution in [1.29, 1.82) is 0 Å². The summed E-state index contributed by atoms with van der Waals surface area (Å²) in [5.41, 5.74) is 9.86. The normalized spacial score (nSPS) is 16.5. The Morgan fingerprint density at radius 3 is 2.53 bits per heavy atom. The van der Waals surface area contributed by atoms with Gasteiger partial charge in [-0.3, -0.25) is 9.30 Å². The number of alkyl halides is 3. The average Bonchev–Trinajstić information content (AvgIpc) is 3.66. The van der Waals surface area contributed by atoms with Crippen LogP contribution in [0.2, 0.25) is 0 Å². The zero-order valence-corrected chi connectivity index (χ0v) is 24.9. The Morgan fingerprint density at radius 1 is 1.02 bits per heavy atom. The van der Waals surface area contributed by atoms with Gasteiger partial charge < -0.3 is 25.8 Å². The van der Waals surface area contributed by atoms with Crippen LogP contribution in [0.15, 0.2) is 49.1 Å². The molecule has 2 aliphatic rings. The van der Waals surface area contributed by atoms with Crippen LogP contribution < -0.4 is 16.4 Å². The number of urea groups is 1. The van der Waals surface area contributed by atoms with Crippen LogP contribution >= 0.6 is 0 Å². The quantitative estimate of drug-likeness (QED) is 0.234. The van der Waals surface area contributed by atoms with Crippen molar-refractivity contribution in [3.8, 4) is 11.3 Å². The number of imidazole rings is 1. The molecule has 0 unspecified atom stereocenters. The van der Waals surface area contributed by atoms with E-state index in [0.29, 0.717) is 36.3 Å². The van der Waals surface area contributed by atoms with Gasteiger partial charge in [-0.1, -0.05) is 6.07 Å². The Kier molecular flexibility index (Phi) is 7.12. The van der Waals surface area contributed by atoms with Gasteiger partial charge in [-0.2, -0.15) is 13.2 Å². The number of carbonyl (C=O) groups excluding carboxylic acids is 1. The van der Waals surface area contributed by atoms with E-state index in [1.165, 1.54) is 18.5 Å². The predicted octanol–water partition coefficient (Wildman–Crippen LogP) is 5.38. The second-order valence-corrected chi connectivity index (χ2v) is 11.9. The molecule has 0 atom stereocenters. The fourth-order valence-electron chi connectivity index (χ4n) is 6.07. The molecule has 0 spiro atoms. The fourth-order valence-corrected chi connectivity index (χ4v) is 6.07. The number of fused-ring (bicyclic) bond motifs is 2. The standard InChI is InChI=1S/C31H33F3N10O/c1-18-14-36-28-24(7-8-25(44(18)28)22-16-43(21-5-6-21)29-26(22)27(35)37-17-38-29)40-30(45)39-20-4-3-19(23(13-20)31(32,33)34)15-42-11-9-41(2)10-12-42/h3-4,7-8,13-14,16-17,21H,5-6,9-12,15H2,1-2H3,(H2,35,37,38)(H2,39,40,45). The van der Waals surface area contributed by atoms with Gasteiger partial charge in [0.05, 0.1) is 22.3 Å². The summed E-state index contributed by atoms with van der Waals surface area (Å²) in [6, 6.07) is 7.18. The van der Waals surface area contributed by atoms with E-state index in [2.05, 4.69) is 35.1 Å². The highest BCUT2D eigenvalue weighted by Crippen LogP contribution is 2.42. The number of piperazine rings is 1. The van der Waals surface area contributed by atoms with E-state index < -0.39 is 17.8 Å². The van der Waals surface area contributed by atoms with Gasteiger partial charge in [0.1, 0.15) is 17.8 Å². The number of anilines is 3. The number of hydrogen-bond donors (Lipinski definition) is 3. The Hall–Kier alpha value is -4.69. The summed E-state index contributed by atoms with van der Waals surface area (Å²) in [6.45, 7) is 5.09. The minimum Gasteiger partial charge on any atom is -0.383 e. The fraction of sp³-hybridized carbons (Fsp3) is 0.355. The Bertz CT molecular complexity index is 1920. The van der Waals surface area contributed by atoms with Gasteiger partial charge in [0, 0.05) is 68.1 Å². The number of pyridine rings is 1. The lowest BCUT2D eigenvalue weighted by Crippen LogP contribution is -2.44. The molecule has 7 rings (SSSR count). The molecule has 1 aliphatic heterocycles. The molecule has 0 radical (unpaired) electrons. The molecule has 1 aliphatic carbocycles. The van der Waals surface area contributed by atoms with Crippen molar-refractivity contribution in [1.82, 2.24) is 33.7 Å². The second-order valence-electron chi connectivity index (χ2n) is 11.9. The first-order chi connectivity index (χ1) is 21.6. The minimum atomic E-state index is -4.57. The summed E-state index contributed by atoms with van der Waals surface area (Å²) in [5, 5.41) is 6.08. The monoisotopic (exact) mass is 618 g/mol. The molecule has 234 valence electrons. The van der Waals surface area contributed by atoms with E-state index in [1.807, 2.05) is 35.5 Å². The molecule has 14 heteroatoms. The highest BCUT2D eigenvalue weighted by atomic mass is 19.4. The third-order valence-electron chi connectivity index (χ3n) is 8.59. The van der Waals surface area contributed by atoms with E-state index in [1.54, 1.807) is 12.3 Å². The lowest BCUT2D eigenvalue weighted by atomic mass is 10.0. The van der Waals surface area contributed by atoms with Gasteiger partial charge in [0.25, 0.3) is 0 Å². The zero-order valence-electron chi connectivity index (χ0n) is 24.9. The maximum atomic E-state index is 14.1. The molecule has 45 heavy (non-hydrogen) atoms. The van der Waals surface area contributed by atoms with Gasteiger partial charge in [-0.25, -0.2) is 19.7 Å². The van der Waals surface area contributed by atoms with Gasteiger partial charge in [-0.15, -0.1) is 0 Å². The van der Waals surface area contributed by atoms with E-state index in [4.69, 9.17) is 5.73 Å². The van der Waals surface area contributed by atoms with Crippen LogP contribution in [-0.4, -0.2) is 73.0 Å². The number of likely N-dealkylation sites (N-methyl/N-ethyl adjacent to an activating group) is 1. The van der Waals surface area contributed by atoms with E-state index >= 15 is 0 Å². The molecule has 4 aromatic heterocycles. The molecule has 1 saturated heterocycles. The molecule has 5 aromatic rings. The van der Waals surface area contributed by atoms with Crippen LogP contribution in [0.4, 0.5) is 35.2 Å². The molecule has 4 N–H and O–H groups in total. The van der Waals surface area contributed by atoms with Gasteiger partial charge >= 0.3 is 12.2 Å². The van der Waals surface area contributed by atoms with Crippen molar-refractivity contribution >= 4 is 39.9 Å². The summed E-state index contributed by atoms with van der Waals surface area (Å²) in [7, 11) is 2.00. The smallest absolute Gasteiger partial charge is 0.383 e. The van der Waals surface area contributed by atoms with E-state index in [0.717, 1.165) is 60.0 Å². The molecule has 1 aromatic carbocycles. The minimum absolute atomic E-state index is 0.0393. The summed E-state index contributed by atoms with van der Waals surface area (Å²) >= 11 is 0. The van der Waals surface area contributed by atoms with Crippen molar-refractivity contribution in [3.63, 3.8) is 0 Å². The van der Waals surface area contributed by atoms with Gasteiger partial charge in [-0.05, 0) is 56.6 Å². The number of nitrogens with zero attached hydrogens (tertiary/aromatic N) is 7. The molecular formula is C31H33F3N10O. The zero-order chi connectivity index (χ0) is 31.5. The van der Waals surface area contributed by atoms with Crippen LogP contribution in [0.1, 0.15) is 35.7 Å². The second kappa shape index (κ2) is 11.0. The Labute approximate surface area is 256 Å². The van der Waals surface area contributed by atoms with Crippen molar-refractivity contribution < 1.29 is 18.0 Å². The number of amides is 2. The summed E-state index contributed by atoms with van der Waals surface area (Å²) in [6.07, 6.45) is 2.75. The van der Waals surface area contributed by atoms with Crippen LogP contribution in [0.3, 0.4) is 0 Å². The number of halogens is 3. The molecule has 5 heterocycles. The number of carbonyl (C=O) groups is 1. The maximum absolute atomic E-state index is 14.1. The van der Waals surface area contributed by atoms with Crippen molar-refractivity contribution in [3.05, 3.63) is 65.9 Å². The molecule has 2 fully saturated rings. The third kappa shape index (κ3) is 5.55. The van der Waals surface area contributed by atoms with E-state index in [-0.39, 0.29) is 17.8 Å². The molecule has 1 saturated carbocycles. The molecule has 0 bridgehead atoms. The first kappa shape index (κ1) is 29.0. The van der Waals surface area contributed by atoms with Crippen molar-refractivity contribution in [2.75, 3.05) is 49.6 Å². The van der Waals surface area contributed by atoms with Crippen molar-refractivity contribution in [2.24, 2.45) is 0 Å². The highest BCUT2D eigenvalue weighted by molar-refractivity contribution is 6.04. The van der Waals surface area contributed by atoms with Crippen LogP contribution in [0.5, 0.6) is 0 Å². The Morgan fingerprint density at radius 2 is 1.80 bits per heavy atom. The molecular weight excluding hydrogens is 585 g/mol. The lowest BCUT2D eigenvalue weighted by Gasteiger charge is -2.33. The SMILES string of the molecule is Cc1cnc2c(NC(=O)Nc3ccc(CN4CCN(C)CC4)c(C(F)(F)F)c3)ccc(-c3cn(C4CC4)c4ncnc(N)c34)n12. The molecule has 2 amide bonds. The predicted molar refractivity (Wildman–Crippen MR) is 166 cm³/mol. The number of nitrogens with one attached hydrogen (secondary N) is 2. The topological polar surface area (TPSA) is 122 Å². The number of aromatic nitrogens is 5. The largest absolute Gasteiger partial charge is 0.416 e. The average molecular weight is 619 g/mol. The first-order valence-corrected chi connectivity index (χ1v) is 14.8. The summed E-state index contributed by atoms with van der Waals surface area (Å²) in [4.78, 5) is 30.5. The maximum Gasteiger partial charge on any atom is 0.416 e. The lowest BCUT2D eigenvalue weighted by molar-refractivity contribution is -0.138. The van der Waals surface area contributed by atoms with Gasteiger partial charge in [0.15, 0.2) is 5.65 Å². The number of hydrogen-bond acceptors (Lipinski definition) is 7. The number of nitrogen functional groups attached to an aromatic ring is 1. The number of nitrogens with two attached hydrogens (primary N) is 1. The summed E-state index contributed by atoms with van der Waals surface area (Å²) in [5.74, 6) is 0.370. The number of aryl methyl sites for hydroxylation is 1. The number of benzene rings is 1. The highest BCUT2D eigenvalue weighted by Gasteiger charge is 2.34. The Balaban J connectivity index is 1.16. The van der Waals surface area contributed by atoms with Crippen LogP contribution in [0.25, 0.3) is 27.9 Å². The van der Waals surface area contributed by atoms with Crippen LogP contribution in [-0.2, 0) is 12.7 Å². The van der Waals surface area contributed by atoms with Gasteiger partial charge in [0.2, 0.25) is 0 Å². The van der Waals surface area contributed by atoms with Crippen molar-refractivity contribution in [2.45, 2.75) is 38.5 Å². The summed E-state index contributed by atoms with van der Waals surface area (Å²) < 4.78 is 46.3. The van der Waals surface area contributed by atoms with Crippen LogP contribution in [0, 0.1) is 6.92 Å². The third-order valence-corrected chi connectivity index (χ3v) is 8.59. The molecule has 11 nitrogen and oxygen atoms in total. The first-order valence-electron chi connectivity index (χ1n) is 14.8. The number of rotatable bonds is 6.